The zero-order chi connectivity index (χ0) is 15.9. The first-order valence-corrected chi connectivity index (χ1v) is 7.58. The molecule has 21 heavy (non-hydrogen) atoms. The number of nitrogens with one attached hydrogen (secondary N) is 2. The van der Waals surface area contributed by atoms with E-state index >= 15 is 0 Å². The molecule has 1 aromatic carbocycles. The molecule has 4 nitrogen and oxygen atoms in total. The van der Waals surface area contributed by atoms with E-state index < -0.39 is 0 Å². The van der Waals surface area contributed by atoms with E-state index in [-0.39, 0.29) is 5.41 Å². The number of guanidine groups is 1. The molecule has 0 bridgehead atoms. The van der Waals surface area contributed by atoms with Crippen LogP contribution in [0.25, 0.3) is 0 Å². The summed E-state index contributed by atoms with van der Waals surface area (Å²) in [4.78, 5) is 4.71. The van der Waals surface area contributed by atoms with Gasteiger partial charge in [-0.2, -0.15) is 0 Å². The molecule has 0 spiro atoms. The quantitative estimate of drug-likeness (QED) is 0.626. The number of nitrogens with zero attached hydrogens (tertiary/aromatic N) is 1. The van der Waals surface area contributed by atoms with E-state index in [1.54, 1.807) is 7.11 Å². The van der Waals surface area contributed by atoms with Crippen molar-refractivity contribution in [2.24, 2.45) is 4.99 Å². The van der Waals surface area contributed by atoms with Crippen molar-refractivity contribution in [2.75, 3.05) is 20.2 Å². The van der Waals surface area contributed by atoms with E-state index in [1.165, 1.54) is 5.56 Å². The van der Waals surface area contributed by atoms with Crippen molar-refractivity contribution in [1.82, 2.24) is 10.6 Å². The van der Waals surface area contributed by atoms with Gasteiger partial charge in [-0.05, 0) is 38.5 Å². The molecule has 2 N–H and O–H groups in total. The van der Waals surface area contributed by atoms with Gasteiger partial charge in [0.2, 0.25) is 0 Å². The first-order chi connectivity index (χ1) is 9.89. The zero-order valence-electron chi connectivity index (χ0n) is 14.2. The molecule has 1 rings (SSSR count). The van der Waals surface area contributed by atoms with Crippen LogP contribution in [0, 0.1) is 0 Å². The largest absolute Gasteiger partial charge is 0.497 e. The van der Waals surface area contributed by atoms with E-state index in [2.05, 4.69) is 57.4 Å². The molecule has 0 atom stereocenters. The Morgan fingerprint density at radius 3 is 2.33 bits per heavy atom. The summed E-state index contributed by atoms with van der Waals surface area (Å²) in [5.41, 5.74) is 1.23. The molecule has 0 unspecified atom stereocenters. The number of hydrogen-bond donors (Lipinski definition) is 2. The second-order valence-electron chi connectivity index (χ2n) is 6.11. The molecule has 0 heterocycles. The highest BCUT2D eigenvalue weighted by Gasteiger charge is 2.20. The molecule has 0 fully saturated rings. The Hall–Kier alpha value is -1.71. The second kappa shape index (κ2) is 7.91. The van der Waals surface area contributed by atoms with Crippen molar-refractivity contribution >= 4 is 5.96 Å². The Kier molecular flexibility index (Phi) is 6.53. The molecule has 0 radical (unpaired) electrons. The number of benzene rings is 1. The van der Waals surface area contributed by atoms with E-state index in [1.807, 2.05) is 12.1 Å². The van der Waals surface area contributed by atoms with Crippen molar-refractivity contribution in [2.45, 2.75) is 46.1 Å². The Balaban J connectivity index is 2.80. The normalized spacial score (nSPS) is 12.4. The van der Waals surface area contributed by atoms with Crippen LogP contribution in [0.15, 0.2) is 29.3 Å². The van der Waals surface area contributed by atoms with Gasteiger partial charge in [0.1, 0.15) is 5.75 Å². The number of aliphatic imine (C=N–C) groups is 1. The second-order valence-corrected chi connectivity index (χ2v) is 6.11. The zero-order valence-corrected chi connectivity index (χ0v) is 14.2. The number of methoxy groups -OCH3 is 1. The van der Waals surface area contributed by atoms with Gasteiger partial charge in [-0.15, -0.1) is 0 Å². The van der Waals surface area contributed by atoms with Crippen molar-refractivity contribution < 1.29 is 4.74 Å². The third-order valence-electron chi connectivity index (χ3n) is 3.27. The van der Waals surface area contributed by atoms with E-state index in [0.717, 1.165) is 24.8 Å². The van der Waals surface area contributed by atoms with Gasteiger partial charge >= 0.3 is 0 Å². The molecule has 0 amide bonds. The summed E-state index contributed by atoms with van der Waals surface area (Å²) in [6.45, 7) is 12.3. The smallest absolute Gasteiger partial charge is 0.191 e. The van der Waals surface area contributed by atoms with E-state index in [0.29, 0.717) is 6.04 Å². The third-order valence-corrected chi connectivity index (χ3v) is 3.27. The summed E-state index contributed by atoms with van der Waals surface area (Å²) in [5, 5.41) is 6.62. The summed E-state index contributed by atoms with van der Waals surface area (Å²) in [7, 11) is 1.69. The summed E-state index contributed by atoms with van der Waals surface area (Å²) in [6.07, 6.45) is 0. The molecule has 0 aliphatic carbocycles. The monoisotopic (exact) mass is 291 g/mol. The van der Waals surface area contributed by atoms with Crippen LogP contribution in [0.5, 0.6) is 5.75 Å². The number of rotatable bonds is 6. The lowest BCUT2D eigenvalue weighted by molar-refractivity contribution is 0.414. The molecule has 1 aromatic rings. The Labute approximate surface area is 129 Å². The predicted octanol–water partition coefficient (Wildman–Crippen LogP) is 2.94. The lowest BCUT2D eigenvalue weighted by Crippen LogP contribution is -2.41. The van der Waals surface area contributed by atoms with Gasteiger partial charge in [0.05, 0.1) is 13.7 Å². The molecule has 0 aliphatic heterocycles. The first kappa shape index (κ1) is 17.3. The summed E-state index contributed by atoms with van der Waals surface area (Å²) < 4.78 is 5.21. The van der Waals surface area contributed by atoms with Gasteiger partial charge < -0.3 is 15.4 Å². The molecule has 118 valence electrons. The lowest BCUT2D eigenvalue weighted by atomic mass is 9.85. The summed E-state index contributed by atoms with van der Waals surface area (Å²) in [6, 6.07) is 8.58. The number of ether oxygens (including phenoxy) is 1. The lowest BCUT2D eigenvalue weighted by Gasteiger charge is -2.24. The minimum atomic E-state index is -0.0222. The van der Waals surface area contributed by atoms with Gasteiger partial charge in [-0.25, -0.2) is 0 Å². The van der Waals surface area contributed by atoms with Crippen LogP contribution >= 0.6 is 0 Å². The Morgan fingerprint density at radius 2 is 1.86 bits per heavy atom. The predicted molar refractivity (Wildman–Crippen MR) is 90.3 cm³/mol. The van der Waals surface area contributed by atoms with Crippen molar-refractivity contribution in [3.05, 3.63) is 29.8 Å². The Morgan fingerprint density at radius 1 is 1.24 bits per heavy atom. The van der Waals surface area contributed by atoms with Crippen LogP contribution in [0.2, 0.25) is 0 Å². The van der Waals surface area contributed by atoms with Gasteiger partial charge in [-0.3, -0.25) is 4.99 Å². The number of hydrogen-bond acceptors (Lipinski definition) is 2. The fourth-order valence-corrected chi connectivity index (χ4v) is 2.00. The van der Waals surface area contributed by atoms with Gasteiger partial charge in [-0.1, -0.05) is 26.0 Å². The topological polar surface area (TPSA) is 45.7 Å². The van der Waals surface area contributed by atoms with Gasteiger partial charge in [0, 0.05) is 18.0 Å². The molecule has 0 aliphatic rings. The molecule has 4 heteroatoms. The van der Waals surface area contributed by atoms with Crippen LogP contribution in [-0.2, 0) is 5.41 Å². The fraction of sp³-hybridized carbons (Fsp3) is 0.588. The van der Waals surface area contributed by atoms with Crippen LogP contribution in [-0.4, -0.2) is 32.2 Å². The Bertz CT molecular complexity index is 450. The maximum Gasteiger partial charge on any atom is 0.191 e. The highest BCUT2D eigenvalue weighted by molar-refractivity contribution is 5.80. The van der Waals surface area contributed by atoms with Crippen LogP contribution in [0.1, 0.15) is 40.2 Å². The van der Waals surface area contributed by atoms with E-state index in [9.17, 15) is 0 Å². The highest BCUT2D eigenvalue weighted by atomic mass is 16.5. The summed E-state index contributed by atoms with van der Waals surface area (Å²) in [5.74, 6) is 1.75. The first-order valence-electron chi connectivity index (χ1n) is 7.58. The van der Waals surface area contributed by atoms with Gasteiger partial charge in [0.25, 0.3) is 0 Å². The highest BCUT2D eigenvalue weighted by Crippen LogP contribution is 2.25. The molecular weight excluding hydrogens is 262 g/mol. The molecule has 0 saturated heterocycles. The molecule has 0 saturated carbocycles. The van der Waals surface area contributed by atoms with E-state index in [4.69, 9.17) is 9.73 Å². The summed E-state index contributed by atoms with van der Waals surface area (Å²) >= 11 is 0. The fourth-order valence-electron chi connectivity index (χ4n) is 2.00. The maximum atomic E-state index is 5.21. The molecule has 0 aromatic heterocycles. The minimum Gasteiger partial charge on any atom is -0.497 e. The standard InChI is InChI=1S/C17H29N3O/c1-7-18-16(20-13(2)3)19-12-17(4,5)14-8-10-15(21-6)11-9-14/h8-11,13H,7,12H2,1-6H3,(H2,18,19,20). The minimum absolute atomic E-state index is 0.0222. The SMILES string of the molecule is CCNC(=NCC(C)(C)c1ccc(OC)cc1)NC(C)C. The average Bonchev–Trinajstić information content (AvgIpc) is 2.45. The van der Waals surface area contributed by atoms with Crippen molar-refractivity contribution in [1.29, 1.82) is 0 Å². The molecular formula is C17H29N3O. The van der Waals surface area contributed by atoms with Crippen LogP contribution in [0.4, 0.5) is 0 Å². The average molecular weight is 291 g/mol. The van der Waals surface area contributed by atoms with Crippen LogP contribution < -0.4 is 15.4 Å². The van der Waals surface area contributed by atoms with Crippen molar-refractivity contribution in [3.63, 3.8) is 0 Å². The van der Waals surface area contributed by atoms with Crippen LogP contribution in [0.3, 0.4) is 0 Å². The van der Waals surface area contributed by atoms with Crippen molar-refractivity contribution in [3.8, 4) is 5.75 Å². The van der Waals surface area contributed by atoms with Gasteiger partial charge in [0.15, 0.2) is 5.96 Å². The third kappa shape index (κ3) is 5.66. The maximum absolute atomic E-state index is 5.21.